The molecule has 0 aromatic heterocycles. The van der Waals surface area contributed by atoms with E-state index in [4.69, 9.17) is 5.11 Å². The predicted octanol–water partition coefficient (Wildman–Crippen LogP) is 1.02. The fraction of sp³-hybridized carbons (Fsp3) is 0.273. The van der Waals surface area contributed by atoms with Crippen LogP contribution >= 0.6 is 15.9 Å². The summed E-state index contributed by atoms with van der Waals surface area (Å²) in [6, 6.07) is 4.04. The first-order chi connectivity index (χ1) is 8.40. The Bertz CT molecular complexity index is 466. The van der Waals surface area contributed by atoms with E-state index in [9.17, 15) is 14.0 Å². The molecule has 1 atom stereocenters. The zero-order valence-electron chi connectivity index (χ0n) is 9.54. The molecule has 18 heavy (non-hydrogen) atoms. The number of benzene rings is 1. The Labute approximate surface area is 112 Å². The summed E-state index contributed by atoms with van der Waals surface area (Å²) in [5.74, 6) is -2.57. The van der Waals surface area contributed by atoms with Crippen LogP contribution in [0, 0.1) is 5.82 Å². The zero-order chi connectivity index (χ0) is 13.7. The highest BCUT2D eigenvalue weighted by molar-refractivity contribution is 9.10. The Morgan fingerprint density at radius 1 is 1.44 bits per heavy atom. The lowest BCUT2D eigenvalue weighted by atomic mass is 10.3. The van der Waals surface area contributed by atoms with Crippen molar-refractivity contribution >= 4 is 33.4 Å². The Morgan fingerprint density at radius 2 is 2.11 bits per heavy atom. The molecule has 0 aliphatic rings. The molecule has 1 unspecified atom stereocenters. The summed E-state index contributed by atoms with van der Waals surface area (Å²) in [6.45, 7) is 1.42. The van der Waals surface area contributed by atoms with Crippen molar-refractivity contribution in [1.29, 1.82) is 0 Å². The van der Waals surface area contributed by atoms with Crippen molar-refractivity contribution < 1.29 is 19.1 Å². The van der Waals surface area contributed by atoms with Gasteiger partial charge in [0.1, 0.15) is 5.82 Å². The van der Waals surface area contributed by atoms with E-state index in [1.807, 2.05) is 0 Å². The van der Waals surface area contributed by atoms with Crippen LogP contribution in [0.3, 0.4) is 0 Å². The lowest BCUT2D eigenvalue weighted by Gasteiger charge is -2.08. The van der Waals surface area contributed by atoms with Gasteiger partial charge in [-0.3, -0.25) is 9.59 Å². The van der Waals surface area contributed by atoms with Gasteiger partial charge < -0.3 is 15.7 Å². The lowest BCUT2D eigenvalue weighted by Crippen LogP contribution is -2.38. The normalized spacial score (nSPS) is 11.8. The molecule has 1 aromatic carbocycles. The molecule has 3 N–H and O–H groups in total. The van der Waals surface area contributed by atoms with Crippen LogP contribution in [0.4, 0.5) is 10.1 Å². The SMILES string of the molecule is CC(O)CNC(=O)C(=O)Nc1ccc(Br)cc1F. The zero-order valence-corrected chi connectivity index (χ0v) is 11.1. The number of hydrogen-bond acceptors (Lipinski definition) is 3. The second-order valence-corrected chi connectivity index (χ2v) is 4.55. The van der Waals surface area contributed by atoms with Crippen molar-refractivity contribution in [2.24, 2.45) is 0 Å². The summed E-state index contributed by atoms with van der Waals surface area (Å²) < 4.78 is 13.9. The number of nitrogens with one attached hydrogen (secondary N) is 2. The first-order valence-electron chi connectivity index (χ1n) is 5.12. The summed E-state index contributed by atoms with van der Waals surface area (Å²) in [5.41, 5.74) is -0.0876. The van der Waals surface area contributed by atoms with Crippen molar-refractivity contribution in [3.05, 3.63) is 28.5 Å². The van der Waals surface area contributed by atoms with Gasteiger partial charge in [0.05, 0.1) is 11.8 Å². The molecule has 5 nitrogen and oxygen atoms in total. The Morgan fingerprint density at radius 3 is 2.67 bits per heavy atom. The molecule has 2 amide bonds. The van der Waals surface area contributed by atoms with Crippen LogP contribution in [0.15, 0.2) is 22.7 Å². The van der Waals surface area contributed by atoms with Gasteiger partial charge in [-0.05, 0) is 25.1 Å². The molecule has 0 saturated heterocycles. The average Bonchev–Trinajstić information content (AvgIpc) is 2.29. The monoisotopic (exact) mass is 318 g/mol. The number of aliphatic hydroxyl groups is 1. The smallest absolute Gasteiger partial charge is 0.313 e. The first-order valence-corrected chi connectivity index (χ1v) is 5.91. The molecular weight excluding hydrogens is 307 g/mol. The van der Waals surface area contributed by atoms with E-state index in [0.717, 1.165) is 0 Å². The third-order valence-corrected chi connectivity index (χ3v) is 2.44. The van der Waals surface area contributed by atoms with E-state index in [-0.39, 0.29) is 12.2 Å². The number of anilines is 1. The Balaban J connectivity index is 2.61. The van der Waals surface area contributed by atoms with Gasteiger partial charge in [-0.15, -0.1) is 0 Å². The van der Waals surface area contributed by atoms with Crippen LogP contribution in [0.25, 0.3) is 0 Å². The minimum Gasteiger partial charge on any atom is -0.392 e. The van der Waals surface area contributed by atoms with E-state index in [1.54, 1.807) is 0 Å². The second-order valence-electron chi connectivity index (χ2n) is 3.64. The van der Waals surface area contributed by atoms with Gasteiger partial charge in [-0.1, -0.05) is 15.9 Å². The Kier molecular flexibility index (Phi) is 5.24. The fourth-order valence-electron chi connectivity index (χ4n) is 1.09. The van der Waals surface area contributed by atoms with Crippen molar-refractivity contribution in [1.82, 2.24) is 5.32 Å². The summed E-state index contributed by atoms with van der Waals surface area (Å²) in [5, 5.41) is 13.3. The number of halogens is 2. The van der Waals surface area contributed by atoms with Crippen molar-refractivity contribution in [2.45, 2.75) is 13.0 Å². The molecule has 0 bridgehead atoms. The van der Waals surface area contributed by atoms with Gasteiger partial charge in [0.25, 0.3) is 0 Å². The number of hydrogen-bond donors (Lipinski definition) is 3. The summed E-state index contributed by atoms with van der Waals surface area (Å²) >= 11 is 3.07. The van der Waals surface area contributed by atoms with Gasteiger partial charge in [0, 0.05) is 11.0 Å². The number of rotatable bonds is 3. The summed E-state index contributed by atoms with van der Waals surface area (Å²) in [7, 11) is 0. The minimum atomic E-state index is -0.989. The molecule has 0 aliphatic carbocycles. The second kappa shape index (κ2) is 6.46. The molecule has 0 radical (unpaired) electrons. The number of carbonyl (C=O) groups is 2. The molecule has 0 saturated carbocycles. The molecule has 1 rings (SSSR count). The van der Waals surface area contributed by atoms with Crippen LogP contribution in [-0.4, -0.2) is 29.6 Å². The highest BCUT2D eigenvalue weighted by Gasteiger charge is 2.15. The molecule has 0 heterocycles. The largest absolute Gasteiger partial charge is 0.392 e. The third kappa shape index (κ3) is 4.42. The highest BCUT2D eigenvalue weighted by Crippen LogP contribution is 2.19. The number of amides is 2. The maximum atomic E-state index is 13.4. The fourth-order valence-corrected chi connectivity index (χ4v) is 1.42. The maximum absolute atomic E-state index is 13.4. The predicted molar refractivity (Wildman–Crippen MR) is 67.4 cm³/mol. The van der Waals surface area contributed by atoms with Gasteiger partial charge in [0.2, 0.25) is 0 Å². The third-order valence-electron chi connectivity index (χ3n) is 1.94. The van der Waals surface area contributed by atoms with Crippen LogP contribution in [-0.2, 0) is 9.59 Å². The van der Waals surface area contributed by atoms with Crippen molar-refractivity contribution in [2.75, 3.05) is 11.9 Å². The number of carbonyl (C=O) groups excluding carboxylic acids is 2. The van der Waals surface area contributed by atoms with E-state index < -0.39 is 23.7 Å². The summed E-state index contributed by atoms with van der Waals surface area (Å²) in [4.78, 5) is 22.6. The molecule has 0 aliphatic heterocycles. The minimum absolute atomic E-state index is 0.0466. The van der Waals surface area contributed by atoms with Gasteiger partial charge in [0.15, 0.2) is 0 Å². The van der Waals surface area contributed by atoms with E-state index in [0.29, 0.717) is 4.47 Å². The first kappa shape index (κ1) is 14.6. The van der Waals surface area contributed by atoms with Crippen molar-refractivity contribution in [3.63, 3.8) is 0 Å². The van der Waals surface area contributed by atoms with E-state index in [1.165, 1.54) is 25.1 Å². The van der Waals surface area contributed by atoms with E-state index in [2.05, 4.69) is 26.6 Å². The van der Waals surface area contributed by atoms with Crippen LogP contribution in [0.5, 0.6) is 0 Å². The average molecular weight is 319 g/mol. The van der Waals surface area contributed by atoms with Crippen molar-refractivity contribution in [3.8, 4) is 0 Å². The topological polar surface area (TPSA) is 78.4 Å². The van der Waals surface area contributed by atoms with Gasteiger partial charge in [-0.25, -0.2) is 4.39 Å². The van der Waals surface area contributed by atoms with Crippen LogP contribution < -0.4 is 10.6 Å². The van der Waals surface area contributed by atoms with E-state index >= 15 is 0 Å². The molecule has 0 fully saturated rings. The van der Waals surface area contributed by atoms with Crippen LogP contribution in [0.1, 0.15) is 6.92 Å². The molecule has 1 aromatic rings. The standard InChI is InChI=1S/C11H12BrFN2O3/c1-6(16)5-14-10(17)11(18)15-9-3-2-7(12)4-8(9)13/h2-4,6,16H,5H2,1H3,(H,14,17)(H,15,18). The number of aliphatic hydroxyl groups excluding tert-OH is 1. The molecule has 0 spiro atoms. The maximum Gasteiger partial charge on any atom is 0.313 e. The van der Waals surface area contributed by atoms with Gasteiger partial charge >= 0.3 is 11.8 Å². The quantitative estimate of drug-likeness (QED) is 0.728. The van der Waals surface area contributed by atoms with Gasteiger partial charge in [-0.2, -0.15) is 0 Å². The molecule has 7 heteroatoms. The molecular formula is C11H12BrFN2O3. The summed E-state index contributed by atoms with van der Waals surface area (Å²) in [6.07, 6.45) is -0.758. The molecule has 98 valence electrons. The Hall–Kier alpha value is -1.47. The lowest BCUT2D eigenvalue weighted by molar-refractivity contribution is -0.136. The van der Waals surface area contributed by atoms with Crippen LogP contribution in [0.2, 0.25) is 0 Å². The highest BCUT2D eigenvalue weighted by atomic mass is 79.9.